The summed E-state index contributed by atoms with van der Waals surface area (Å²) in [5.41, 5.74) is 0.675. The second-order valence-corrected chi connectivity index (χ2v) is 6.43. The SMILES string of the molecule is COC(=O)c1ccc(I)c(N(C)C(=O)C(C)(C)C)c1. The smallest absolute Gasteiger partial charge is 0.337 e. The highest BCUT2D eigenvalue weighted by Gasteiger charge is 2.27. The average molecular weight is 375 g/mol. The lowest BCUT2D eigenvalue weighted by atomic mass is 9.94. The minimum absolute atomic E-state index is 0.00701. The van der Waals surface area contributed by atoms with E-state index in [1.807, 2.05) is 20.8 Å². The molecule has 0 spiro atoms. The minimum atomic E-state index is -0.473. The molecular weight excluding hydrogens is 357 g/mol. The molecule has 0 saturated carbocycles. The van der Waals surface area contributed by atoms with Crippen molar-refractivity contribution < 1.29 is 14.3 Å². The van der Waals surface area contributed by atoms with Gasteiger partial charge in [-0.3, -0.25) is 4.79 Å². The van der Waals surface area contributed by atoms with Gasteiger partial charge in [0.2, 0.25) is 5.91 Å². The fraction of sp³-hybridized carbons (Fsp3) is 0.429. The summed E-state index contributed by atoms with van der Waals surface area (Å²) in [4.78, 5) is 25.4. The Morgan fingerprint density at radius 1 is 1.26 bits per heavy atom. The molecule has 1 amide bonds. The third kappa shape index (κ3) is 3.68. The van der Waals surface area contributed by atoms with Gasteiger partial charge in [0, 0.05) is 16.0 Å². The average Bonchev–Trinajstić information content (AvgIpc) is 2.35. The fourth-order valence-corrected chi connectivity index (χ4v) is 2.32. The molecule has 0 aliphatic rings. The number of hydrogen-bond donors (Lipinski definition) is 0. The number of esters is 1. The first-order valence-electron chi connectivity index (χ1n) is 5.84. The molecule has 1 rings (SSSR count). The van der Waals surface area contributed by atoms with Crippen molar-refractivity contribution >= 4 is 40.2 Å². The lowest BCUT2D eigenvalue weighted by molar-refractivity contribution is -0.125. The van der Waals surface area contributed by atoms with Gasteiger partial charge in [0.05, 0.1) is 18.4 Å². The topological polar surface area (TPSA) is 46.6 Å². The molecule has 19 heavy (non-hydrogen) atoms. The van der Waals surface area contributed by atoms with Gasteiger partial charge in [-0.2, -0.15) is 0 Å². The first-order chi connectivity index (χ1) is 8.68. The monoisotopic (exact) mass is 375 g/mol. The molecule has 0 N–H and O–H groups in total. The van der Waals surface area contributed by atoms with E-state index in [2.05, 4.69) is 22.6 Å². The van der Waals surface area contributed by atoms with Crippen LogP contribution in [0.5, 0.6) is 0 Å². The van der Waals surface area contributed by atoms with Gasteiger partial charge in [-0.25, -0.2) is 4.79 Å². The molecule has 0 atom stereocenters. The first-order valence-corrected chi connectivity index (χ1v) is 6.92. The quantitative estimate of drug-likeness (QED) is 0.590. The Morgan fingerprint density at radius 2 is 1.84 bits per heavy atom. The summed E-state index contributed by atoms with van der Waals surface area (Å²) in [7, 11) is 3.05. The number of rotatable bonds is 2. The maximum Gasteiger partial charge on any atom is 0.337 e. The molecule has 0 aliphatic carbocycles. The van der Waals surface area contributed by atoms with Gasteiger partial charge in [0.25, 0.3) is 0 Å². The summed E-state index contributed by atoms with van der Waals surface area (Å²) in [6.07, 6.45) is 0. The van der Waals surface area contributed by atoms with E-state index in [1.54, 1.807) is 30.1 Å². The molecule has 0 aliphatic heterocycles. The summed E-state index contributed by atoms with van der Waals surface area (Å²) in [5.74, 6) is -0.415. The van der Waals surface area contributed by atoms with Gasteiger partial charge in [-0.1, -0.05) is 20.8 Å². The van der Waals surface area contributed by atoms with Crippen LogP contribution in [-0.2, 0) is 9.53 Å². The van der Waals surface area contributed by atoms with Crippen molar-refractivity contribution in [3.05, 3.63) is 27.3 Å². The van der Waals surface area contributed by atoms with Crippen LogP contribution in [0.3, 0.4) is 0 Å². The van der Waals surface area contributed by atoms with Gasteiger partial charge >= 0.3 is 5.97 Å². The minimum Gasteiger partial charge on any atom is -0.465 e. The molecule has 0 unspecified atom stereocenters. The van der Waals surface area contributed by atoms with Crippen LogP contribution in [0.2, 0.25) is 0 Å². The first kappa shape index (κ1) is 15.9. The number of carbonyl (C=O) groups excluding carboxylic acids is 2. The number of anilines is 1. The molecule has 1 aromatic carbocycles. The van der Waals surface area contributed by atoms with Crippen LogP contribution in [0.4, 0.5) is 5.69 Å². The molecule has 0 radical (unpaired) electrons. The Labute approximate surface area is 127 Å². The zero-order valence-corrected chi connectivity index (χ0v) is 13.9. The van der Waals surface area contributed by atoms with Crippen molar-refractivity contribution in [2.24, 2.45) is 5.41 Å². The summed E-state index contributed by atoms with van der Waals surface area (Å²) in [5, 5.41) is 0. The van der Waals surface area contributed by atoms with Crippen LogP contribution >= 0.6 is 22.6 Å². The van der Waals surface area contributed by atoms with E-state index in [0.29, 0.717) is 11.3 Å². The summed E-state index contributed by atoms with van der Waals surface area (Å²) >= 11 is 2.14. The lowest BCUT2D eigenvalue weighted by Crippen LogP contribution is -2.37. The zero-order chi connectivity index (χ0) is 14.8. The van der Waals surface area contributed by atoms with Gasteiger partial charge < -0.3 is 9.64 Å². The standard InChI is InChI=1S/C14H18INO3/c1-14(2,3)13(18)16(4)11-8-9(12(17)19-5)6-7-10(11)15/h6-8H,1-5H3. The number of nitrogens with zero attached hydrogens (tertiary/aromatic N) is 1. The predicted octanol–water partition coefficient (Wildman–Crippen LogP) is 3.09. The van der Waals surface area contributed by atoms with E-state index < -0.39 is 11.4 Å². The van der Waals surface area contributed by atoms with Gasteiger partial charge in [-0.05, 0) is 40.8 Å². The number of halogens is 1. The second-order valence-electron chi connectivity index (χ2n) is 5.27. The number of hydrogen-bond acceptors (Lipinski definition) is 3. The van der Waals surface area contributed by atoms with E-state index in [0.717, 1.165) is 3.57 Å². The van der Waals surface area contributed by atoms with Crippen molar-refractivity contribution in [1.82, 2.24) is 0 Å². The van der Waals surface area contributed by atoms with Crippen LogP contribution in [0.15, 0.2) is 18.2 Å². The molecule has 104 valence electrons. The molecule has 0 fully saturated rings. The Hall–Kier alpha value is -1.11. The molecule has 1 aromatic rings. The number of methoxy groups -OCH3 is 1. The molecule has 0 bridgehead atoms. The number of amides is 1. The van der Waals surface area contributed by atoms with E-state index in [9.17, 15) is 9.59 Å². The third-order valence-electron chi connectivity index (χ3n) is 2.67. The largest absolute Gasteiger partial charge is 0.465 e. The van der Waals surface area contributed by atoms with Gasteiger partial charge in [0.15, 0.2) is 0 Å². The van der Waals surface area contributed by atoms with Crippen molar-refractivity contribution in [3.63, 3.8) is 0 Å². The normalized spacial score (nSPS) is 11.1. The fourth-order valence-electron chi connectivity index (χ4n) is 1.63. The molecule has 4 nitrogen and oxygen atoms in total. The molecular formula is C14H18INO3. The van der Waals surface area contributed by atoms with E-state index in [-0.39, 0.29) is 5.91 Å². The van der Waals surface area contributed by atoms with E-state index in [4.69, 9.17) is 4.74 Å². The summed E-state index contributed by atoms with van der Waals surface area (Å²) in [6.45, 7) is 5.59. The van der Waals surface area contributed by atoms with Crippen LogP contribution in [0.25, 0.3) is 0 Å². The van der Waals surface area contributed by atoms with Crippen molar-refractivity contribution in [2.45, 2.75) is 20.8 Å². The van der Waals surface area contributed by atoms with Crippen molar-refractivity contribution in [2.75, 3.05) is 19.1 Å². The van der Waals surface area contributed by atoms with E-state index in [1.165, 1.54) is 7.11 Å². The van der Waals surface area contributed by atoms with Crippen LogP contribution in [0, 0.1) is 8.99 Å². The summed E-state index contributed by atoms with van der Waals surface area (Å²) < 4.78 is 5.60. The van der Waals surface area contributed by atoms with Crippen LogP contribution in [-0.4, -0.2) is 26.0 Å². The van der Waals surface area contributed by atoms with E-state index >= 15 is 0 Å². The highest BCUT2D eigenvalue weighted by Crippen LogP contribution is 2.27. The summed E-state index contributed by atoms with van der Waals surface area (Å²) in [6, 6.07) is 5.17. The zero-order valence-electron chi connectivity index (χ0n) is 11.8. The predicted molar refractivity (Wildman–Crippen MR) is 83.4 cm³/mol. The number of ether oxygens (including phenoxy) is 1. The molecule has 0 aromatic heterocycles. The molecule has 0 heterocycles. The molecule has 0 saturated heterocycles. The van der Waals surface area contributed by atoms with Crippen molar-refractivity contribution in [1.29, 1.82) is 0 Å². The number of carbonyl (C=O) groups is 2. The second kappa shape index (κ2) is 5.90. The van der Waals surface area contributed by atoms with Crippen molar-refractivity contribution in [3.8, 4) is 0 Å². The highest BCUT2D eigenvalue weighted by molar-refractivity contribution is 14.1. The van der Waals surface area contributed by atoms with Crippen LogP contribution in [0.1, 0.15) is 31.1 Å². The Kier molecular flexibility index (Phi) is 4.95. The van der Waals surface area contributed by atoms with Gasteiger partial charge in [0.1, 0.15) is 0 Å². The Bertz CT molecular complexity index is 506. The maximum absolute atomic E-state index is 12.3. The third-order valence-corrected chi connectivity index (χ3v) is 3.59. The maximum atomic E-state index is 12.3. The Balaban J connectivity index is 3.19. The van der Waals surface area contributed by atoms with Gasteiger partial charge in [-0.15, -0.1) is 0 Å². The highest BCUT2D eigenvalue weighted by atomic mass is 127. The molecule has 5 heteroatoms. The van der Waals surface area contributed by atoms with Crippen LogP contribution < -0.4 is 4.90 Å². The lowest BCUT2D eigenvalue weighted by Gasteiger charge is -2.27. The number of benzene rings is 1. The Morgan fingerprint density at radius 3 is 2.32 bits per heavy atom.